The Bertz CT molecular complexity index is 281. The molecule has 1 atom stereocenters. The normalized spacial score (nSPS) is 13.4. The van der Waals surface area contributed by atoms with E-state index in [9.17, 15) is 0 Å². The van der Waals surface area contributed by atoms with E-state index in [4.69, 9.17) is 4.42 Å². The molecule has 0 radical (unpaired) electrons. The van der Waals surface area contributed by atoms with Gasteiger partial charge in [0.1, 0.15) is 5.76 Å². The summed E-state index contributed by atoms with van der Waals surface area (Å²) in [6, 6.07) is 4.47. The van der Waals surface area contributed by atoms with Crippen molar-refractivity contribution in [3.8, 4) is 0 Å². The first-order valence-corrected chi connectivity index (χ1v) is 6.44. The number of halogens is 1. The fourth-order valence-electron chi connectivity index (χ4n) is 1.87. The monoisotopic (exact) mass is 273 g/mol. The van der Waals surface area contributed by atoms with E-state index in [-0.39, 0.29) is 0 Å². The van der Waals surface area contributed by atoms with Gasteiger partial charge in [-0.05, 0) is 40.9 Å². The summed E-state index contributed by atoms with van der Waals surface area (Å²) >= 11 is 3.30. The van der Waals surface area contributed by atoms with Gasteiger partial charge in [-0.25, -0.2) is 0 Å². The smallest absolute Gasteiger partial charge is 0.169 e. The van der Waals surface area contributed by atoms with Crippen molar-refractivity contribution < 1.29 is 4.42 Å². The highest BCUT2D eigenvalue weighted by molar-refractivity contribution is 9.10. The molecular weight excluding hydrogens is 254 g/mol. The minimum Gasteiger partial charge on any atom is -0.453 e. The molecule has 1 rings (SSSR count). The van der Waals surface area contributed by atoms with Crippen LogP contribution in [0.5, 0.6) is 0 Å². The van der Waals surface area contributed by atoms with Crippen molar-refractivity contribution in [2.75, 3.05) is 0 Å². The molecule has 0 aliphatic heterocycles. The topological polar surface area (TPSA) is 25.2 Å². The van der Waals surface area contributed by atoms with Gasteiger partial charge in [0.15, 0.2) is 4.67 Å². The molecular formula is C12H20BrNO. The van der Waals surface area contributed by atoms with Gasteiger partial charge < -0.3 is 9.73 Å². The summed E-state index contributed by atoms with van der Waals surface area (Å²) in [6.45, 7) is 7.55. The largest absolute Gasteiger partial charge is 0.453 e. The summed E-state index contributed by atoms with van der Waals surface area (Å²) in [6.07, 6.45) is 2.46. The lowest BCUT2D eigenvalue weighted by Gasteiger charge is -2.21. The molecule has 0 aliphatic rings. The van der Waals surface area contributed by atoms with Crippen LogP contribution in [-0.4, -0.2) is 6.04 Å². The molecule has 2 nitrogen and oxygen atoms in total. The van der Waals surface area contributed by atoms with Gasteiger partial charge in [0.25, 0.3) is 0 Å². The molecule has 0 spiro atoms. The number of furan rings is 1. The van der Waals surface area contributed by atoms with Crippen LogP contribution in [0.25, 0.3) is 0 Å². The lowest BCUT2D eigenvalue weighted by Crippen LogP contribution is -2.32. The van der Waals surface area contributed by atoms with Crippen molar-refractivity contribution in [2.45, 2.75) is 46.2 Å². The highest BCUT2D eigenvalue weighted by atomic mass is 79.9. The van der Waals surface area contributed by atoms with Crippen molar-refractivity contribution in [3.05, 3.63) is 22.6 Å². The summed E-state index contributed by atoms with van der Waals surface area (Å²) in [5.74, 6) is 1.74. The first-order chi connectivity index (χ1) is 7.17. The highest BCUT2D eigenvalue weighted by Gasteiger charge is 2.13. The van der Waals surface area contributed by atoms with Crippen LogP contribution in [0.15, 0.2) is 21.2 Å². The molecule has 1 aromatic rings. The molecule has 0 bridgehead atoms. The van der Waals surface area contributed by atoms with Gasteiger partial charge in [0, 0.05) is 6.04 Å². The van der Waals surface area contributed by atoms with Gasteiger partial charge in [-0.2, -0.15) is 0 Å². The Morgan fingerprint density at radius 1 is 1.33 bits per heavy atom. The van der Waals surface area contributed by atoms with E-state index in [1.807, 2.05) is 12.1 Å². The van der Waals surface area contributed by atoms with Crippen LogP contribution >= 0.6 is 15.9 Å². The Morgan fingerprint density at radius 3 is 2.47 bits per heavy atom. The molecule has 0 amide bonds. The fraction of sp³-hybridized carbons (Fsp3) is 0.667. The predicted molar refractivity (Wildman–Crippen MR) is 66.8 cm³/mol. The molecule has 1 heterocycles. The molecule has 3 heteroatoms. The Morgan fingerprint density at radius 2 is 2.00 bits per heavy atom. The Kier molecular flexibility index (Phi) is 5.40. The van der Waals surface area contributed by atoms with Crippen LogP contribution < -0.4 is 5.32 Å². The van der Waals surface area contributed by atoms with Crippen molar-refractivity contribution in [1.29, 1.82) is 0 Å². The van der Waals surface area contributed by atoms with Gasteiger partial charge in [-0.15, -0.1) is 0 Å². The van der Waals surface area contributed by atoms with Crippen molar-refractivity contribution >= 4 is 15.9 Å². The van der Waals surface area contributed by atoms with Gasteiger partial charge >= 0.3 is 0 Å². The second-order valence-electron chi connectivity index (χ2n) is 3.95. The van der Waals surface area contributed by atoms with Crippen LogP contribution in [0.1, 0.15) is 39.4 Å². The summed E-state index contributed by atoms with van der Waals surface area (Å²) in [7, 11) is 0. The van der Waals surface area contributed by atoms with Crippen LogP contribution in [0.3, 0.4) is 0 Å². The average molecular weight is 274 g/mol. The highest BCUT2D eigenvalue weighted by Crippen LogP contribution is 2.16. The van der Waals surface area contributed by atoms with E-state index in [0.29, 0.717) is 6.04 Å². The zero-order valence-corrected chi connectivity index (χ0v) is 11.3. The molecule has 15 heavy (non-hydrogen) atoms. The number of hydrogen-bond acceptors (Lipinski definition) is 2. The molecule has 1 unspecified atom stereocenters. The fourth-order valence-corrected chi connectivity index (χ4v) is 2.21. The van der Waals surface area contributed by atoms with Crippen LogP contribution in [0, 0.1) is 5.92 Å². The molecule has 0 saturated carbocycles. The molecule has 0 fully saturated rings. The van der Waals surface area contributed by atoms with Crippen molar-refractivity contribution in [2.24, 2.45) is 5.92 Å². The van der Waals surface area contributed by atoms with E-state index < -0.39 is 0 Å². The third kappa shape index (κ3) is 3.99. The SMILES string of the molecule is CCC(CC)C(C)NCc1ccc(Br)o1. The van der Waals surface area contributed by atoms with E-state index in [1.165, 1.54) is 12.8 Å². The predicted octanol–water partition coefficient (Wildman–Crippen LogP) is 3.96. The quantitative estimate of drug-likeness (QED) is 0.849. The lowest BCUT2D eigenvalue weighted by atomic mass is 9.95. The summed E-state index contributed by atoms with van der Waals surface area (Å²) in [4.78, 5) is 0. The van der Waals surface area contributed by atoms with Crippen LogP contribution in [0.4, 0.5) is 0 Å². The molecule has 1 N–H and O–H groups in total. The number of rotatable bonds is 6. The molecule has 0 saturated heterocycles. The first kappa shape index (κ1) is 12.8. The van der Waals surface area contributed by atoms with Gasteiger partial charge in [0.05, 0.1) is 6.54 Å². The van der Waals surface area contributed by atoms with Gasteiger partial charge in [0.2, 0.25) is 0 Å². The minimum atomic E-state index is 0.545. The summed E-state index contributed by atoms with van der Waals surface area (Å²) in [5, 5.41) is 3.50. The minimum absolute atomic E-state index is 0.545. The number of hydrogen-bond donors (Lipinski definition) is 1. The zero-order valence-electron chi connectivity index (χ0n) is 9.72. The number of nitrogens with one attached hydrogen (secondary N) is 1. The van der Waals surface area contributed by atoms with Crippen LogP contribution in [0.2, 0.25) is 0 Å². The van der Waals surface area contributed by atoms with E-state index in [0.717, 1.165) is 22.9 Å². The Balaban J connectivity index is 2.36. The maximum Gasteiger partial charge on any atom is 0.169 e. The Hall–Kier alpha value is -0.280. The third-order valence-corrected chi connectivity index (χ3v) is 3.41. The second kappa shape index (κ2) is 6.33. The molecule has 86 valence electrons. The van der Waals surface area contributed by atoms with Crippen molar-refractivity contribution in [3.63, 3.8) is 0 Å². The maximum atomic E-state index is 5.44. The van der Waals surface area contributed by atoms with Gasteiger partial charge in [-0.3, -0.25) is 0 Å². The molecule has 0 aromatic carbocycles. The third-order valence-electron chi connectivity index (χ3n) is 2.98. The van der Waals surface area contributed by atoms with Crippen LogP contribution in [-0.2, 0) is 6.54 Å². The maximum absolute atomic E-state index is 5.44. The second-order valence-corrected chi connectivity index (χ2v) is 4.73. The molecule has 1 aromatic heterocycles. The van der Waals surface area contributed by atoms with E-state index >= 15 is 0 Å². The lowest BCUT2D eigenvalue weighted by molar-refractivity contribution is 0.338. The molecule has 0 aliphatic carbocycles. The summed E-state index contributed by atoms with van der Waals surface area (Å²) in [5.41, 5.74) is 0. The van der Waals surface area contributed by atoms with E-state index in [1.54, 1.807) is 0 Å². The van der Waals surface area contributed by atoms with Crippen molar-refractivity contribution in [1.82, 2.24) is 5.32 Å². The average Bonchev–Trinajstić information content (AvgIpc) is 2.63. The van der Waals surface area contributed by atoms with E-state index in [2.05, 4.69) is 42.0 Å². The van der Waals surface area contributed by atoms with Gasteiger partial charge in [-0.1, -0.05) is 26.7 Å². The standard InChI is InChI=1S/C12H20BrNO/c1-4-10(5-2)9(3)14-8-11-6-7-12(13)15-11/h6-7,9-10,14H,4-5,8H2,1-3H3. The Labute approximate surface area is 101 Å². The summed E-state index contributed by atoms with van der Waals surface area (Å²) < 4.78 is 6.24. The zero-order chi connectivity index (χ0) is 11.3. The first-order valence-electron chi connectivity index (χ1n) is 5.65.